The molecular weight excluding hydrogens is 406 g/mol. The van der Waals surface area contributed by atoms with Gasteiger partial charge in [0.15, 0.2) is 0 Å². The highest BCUT2D eigenvalue weighted by atomic mass is 16.3. The summed E-state index contributed by atoms with van der Waals surface area (Å²) in [6, 6.07) is 4.91. The van der Waals surface area contributed by atoms with Crippen LogP contribution in [0.1, 0.15) is 63.5 Å². The van der Waals surface area contributed by atoms with E-state index in [1.54, 1.807) is 17.0 Å². The summed E-state index contributed by atoms with van der Waals surface area (Å²) in [5.74, 6) is 0.630. The third-order valence-corrected chi connectivity index (χ3v) is 9.05. The monoisotopic (exact) mass is 441 g/mol. The number of amides is 3. The molecule has 1 spiro atoms. The molecule has 0 bridgehead atoms. The molecule has 0 radical (unpaired) electrons. The quantitative estimate of drug-likeness (QED) is 0.625. The molecule has 4 fully saturated rings. The van der Waals surface area contributed by atoms with Crippen LogP contribution < -0.4 is 5.32 Å². The molecule has 3 amide bonds. The second-order valence-corrected chi connectivity index (χ2v) is 10.6. The van der Waals surface area contributed by atoms with Crippen molar-refractivity contribution in [1.29, 1.82) is 0 Å². The van der Waals surface area contributed by atoms with E-state index in [1.165, 1.54) is 12.8 Å². The van der Waals surface area contributed by atoms with Crippen molar-refractivity contribution in [3.8, 4) is 5.75 Å². The molecule has 4 atom stereocenters. The molecule has 0 unspecified atom stereocenters. The van der Waals surface area contributed by atoms with Crippen LogP contribution in [0.4, 0.5) is 4.79 Å². The Balaban J connectivity index is 1.65. The van der Waals surface area contributed by atoms with Crippen LogP contribution in [-0.4, -0.2) is 68.8 Å². The van der Waals surface area contributed by atoms with Crippen LogP contribution in [0.5, 0.6) is 5.75 Å². The Morgan fingerprint density at radius 1 is 1.19 bits per heavy atom. The minimum atomic E-state index is -1.06. The van der Waals surface area contributed by atoms with Gasteiger partial charge in [-0.2, -0.15) is 0 Å². The third-order valence-electron chi connectivity index (χ3n) is 9.05. The number of phenols is 1. The number of carbonyl (C=O) groups is 2. The first-order valence-corrected chi connectivity index (χ1v) is 12.1. The fourth-order valence-corrected chi connectivity index (χ4v) is 7.06. The summed E-state index contributed by atoms with van der Waals surface area (Å²) in [7, 11) is 0. The number of aliphatic hydroxyl groups is 1. The van der Waals surface area contributed by atoms with Crippen molar-refractivity contribution in [2.45, 2.75) is 81.9 Å². The molecule has 1 aromatic rings. The van der Waals surface area contributed by atoms with Gasteiger partial charge in [-0.3, -0.25) is 15.0 Å². The highest BCUT2D eigenvalue weighted by Gasteiger charge is 2.68. The van der Waals surface area contributed by atoms with E-state index in [9.17, 15) is 19.8 Å². The number of nitrogens with one attached hydrogen (secondary N) is 1. The number of piperidine rings is 1. The zero-order valence-electron chi connectivity index (χ0n) is 19.4. The van der Waals surface area contributed by atoms with Gasteiger partial charge >= 0.3 is 6.03 Å². The van der Waals surface area contributed by atoms with Crippen LogP contribution in [-0.2, 0) is 10.2 Å². The summed E-state index contributed by atoms with van der Waals surface area (Å²) >= 11 is 0. The number of aromatic hydroxyl groups is 1. The predicted molar refractivity (Wildman–Crippen MR) is 120 cm³/mol. The average Bonchev–Trinajstić information content (AvgIpc) is 3.54. The maximum atomic E-state index is 13.2. The Hall–Kier alpha value is -2.12. The Morgan fingerprint density at radius 3 is 2.62 bits per heavy atom. The summed E-state index contributed by atoms with van der Waals surface area (Å²) in [5, 5.41) is 25.4. The number of aryl methyl sites for hydroxylation is 1. The number of nitrogens with zero attached hydrogens (tertiary/aromatic N) is 2. The summed E-state index contributed by atoms with van der Waals surface area (Å²) in [6.45, 7) is 8.28. The third kappa shape index (κ3) is 2.86. The van der Waals surface area contributed by atoms with E-state index in [4.69, 9.17) is 0 Å². The number of benzene rings is 1. The first-order chi connectivity index (χ1) is 15.2. The highest BCUT2D eigenvalue weighted by molar-refractivity contribution is 6.07. The number of hydrogen-bond donors (Lipinski definition) is 3. The van der Waals surface area contributed by atoms with Crippen molar-refractivity contribution in [2.24, 2.45) is 5.92 Å². The van der Waals surface area contributed by atoms with Crippen LogP contribution in [0.15, 0.2) is 18.2 Å². The summed E-state index contributed by atoms with van der Waals surface area (Å²) < 4.78 is 0. The summed E-state index contributed by atoms with van der Waals surface area (Å²) in [6.07, 6.45) is 4.45. The van der Waals surface area contributed by atoms with Crippen molar-refractivity contribution in [3.63, 3.8) is 0 Å². The first kappa shape index (κ1) is 21.7. The molecule has 4 aliphatic rings. The number of fused-ring (bicyclic) bond motifs is 1. The molecule has 2 saturated carbocycles. The van der Waals surface area contributed by atoms with Gasteiger partial charge in [0, 0.05) is 24.5 Å². The van der Waals surface area contributed by atoms with Gasteiger partial charge in [-0.25, -0.2) is 4.79 Å². The highest BCUT2D eigenvalue weighted by Crippen LogP contribution is 2.59. The number of likely N-dealkylation sites (tertiary alicyclic amines) is 1. The van der Waals surface area contributed by atoms with E-state index in [0.29, 0.717) is 32.2 Å². The maximum absolute atomic E-state index is 13.2. The van der Waals surface area contributed by atoms with Gasteiger partial charge in [-0.05, 0) is 95.0 Å². The standard InChI is InChI=1S/C25H35N3O4/c1-4-28-22(31)26-21(30)24(28)9-10-25(32)17(3)27(14-18-6-7-18)12-11-23(25,15-24)20-13-19(29)8-5-16(20)2/h5,8,13,17-18,29,32H,4,6-7,9-12,14-15H2,1-3H3,(H,26,30,31)/t17-,23-,24+,25-/m1/s1. The Bertz CT molecular complexity index is 963. The summed E-state index contributed by atoms with van der Waals surface area (Å²) in [5.41, 5.74) is -0.860. The number of imide groups is 1. The minimum absolute atomic E-state index is 0.0776. The largest absolute Gasteiger partial charge is 0.508 e. The van der Waals surface area contributed by atoms with E-state index in [-0.39, 0.29) is 23.7 Å². The number of rotatable bonds is 4. The zero-order valence-corrected chi connectivity index (χ0v) is 19.4. The predicted octanol–water partition coefficient (Wildman–Crippen LogP) is 2.67. The molecule has 0 aromatic heterocycles. The first-order valence-electron chi connectivity index (χ1n) is 12.1. The van der Waals surface area contributed by atoms with Gasteiger partial charge in [-0.1, -0.05) is 6.07 Å². The molecule has 7 nitrogen and oxygen atoms in total. The van der Waals surface area contributed by atoms with Crippen LogP contribution in [0.2, 0.25) is 0 Å². The van der Waals surface area contributed by atoms with Crippen molar-refractivity contribution in [1.82, 2.24) is 15.1 Å². The second-order valence-electron chi connectivity index (χ2n) is 10.6. The van der Waals surface area contributed by atoms with E-state index in [1.807, 2.05) is 19.9 Å². The average molecular weight is 442 g/mol. The van der Waals surface area contributed by atoms with Crippen molar-refractivity contribution in [3.05, 3.63) is 29.3 Å². The molecular formula is C25H35N3O4. The van der Waals surface area contributed by atoms with E-state index >= 15 is 0 Å². The van der Waals surface area contributed by atoms with Crippen molar-refractivity contribution in [2.75, 3.05) is 19.6 Å². The van der Waals surface area contributed by atoms with Gasteiger partial charge in [0.05, 0.1) is 5.60 Å². The molecule has 1 aromatic carbocycles. The van der Waals surface area contributed by atoms with Gasteiger partial charge in [-0.15, -0.1) is 0 Å². The lowest BCUT2D eigenvalue weighted by atomic mass is 9.49. The normalized spacial score (nSPS) is 37.6. The SMILES string of the molecule is CCN1C(=O)NC(=O)[C@@]12CC[C@@]1(O)[C@@H](C)N(CC3CC3)CC[C@]1(c1cc(O)ccc1C)C2. The van der Waals surface area contributed by atoms with Gasteiger partial charge < -0.3 is 15.1 Å². The van der Waals surface area contributed by atoms with Crippen LogP contribution in [0.3, 0.4) is 0 Å². The lowest BCUT2D eigenvalue weighted by Crippen LogP contribution is -2.74. The Labute approximate surface area is 189 Å². The molecule has 32 heavy (non-hydrogen) atoms. The molecule has 5 rings (SSSR count). The van der Waals surface area contributed by atoms with E-state index in [0.717, 1.165) is 30.1 Å². The molecule has 174 valence electrons. The molecule has 2 saturated heterocycles. The van der Waals surface area contributed by atoms with Crippen molar-refractivity contribution < 1.29 is 19.8 Å². The number of carbonyl (C=O) groups excluding carboxylic acids is 2. The second kappa shape index (κ2) is 7.19. The molecule has 7 heteroatoms. The lowest BCUT2D eigenvalue weighted by molar-refractivity contribution is -0.178. The Kier molecular flexibility index (Phi) is 4.88. The topological polar surface area (TPSA) is 93.1 Å². The molecule has 3 N–H and O–H groups in total. The zero-order chi connectivity index (χ0) is 22.9. The molecule has 2 aliphatic heterocycles. The van der Waals surface area contributed by atoms with Crippen LogP contribution >= 0.6 is 0 Å². The van der Waals surface area contributed by atoms with Crippen LogP contribution in [0, 0.1) is 12.8 Å². The van der Waals surface area contributed by atoms with E-state index in [2.05, 4.69) is 17.1 Å². The molecule has 2 heterocycles. The van der Waals surface area contributed by atoms with Gasteiger partial charge in [0.1, 0.15) is 11.3 Å². The number of hydrogen-bond acceptors (Lipinski definition) is 5. The van der Waals surface area contributed by atoms with E-state index < -0.39 is 16.6 Å². The summed E-state index contributed by atoms with van der Waals surface area (Å²) in [4.78, 5) is 29.9. The number of likely N-dealkylation sites (N-methyl/N-ethyl adjacent to an activating group) is 1. The molecule has 2 aliphatic carbocycles. The van der Waals surface area contributed by atoms with Gasteiger partial charge in [0.2, 0.25) is 0 Å². The lowest BCUT2D eigenvalue weighted by Gasteiger charge is -2.63. The smallest absolute Gasteiger partial charge is 0.325 e. The van der Waals surface area contributed by atoms with Crippen LogP contribution in [0.25, 0.3) is 0 Å². The number of phenolic OH excluding ortho intramolecular Hbond substituents is 1. The maximum Gasteiger partial charge on any atom is 0.325 e. The fraction of sp³-hybridized carbons (Fsp3) is 0.680. The fourth-order valence-electron chi connectivity index (χ4n) is 7.06. The van der Waals surface area contributed by atoms with Crippen molar-refractivity contribution >= 4 is 11.9 Å². The minimum Gasteiger partial charge on any atom is -0.508 e. The number of urea groups is 1. The Morgan fingerprint density at radius 2 is 1.94 bits per heavy atom. The van der Waals surface area contributed by atoms with Gasteiger partial charge in [0.25, 0.3) is 5.91 Å².